The molecule has 0 amide bonds. The van der Waals surface area contributed by atoms with Crippen molar-refractivity contribution >= 4 is 43.6 Å². The Hall–Kier alpha value is -11.0. The summed E-state index contributed by atoms with van der Waals surface area (Å²) in [5.74, 6) is 3.55. The Labute approximate surface area is 461 Å². The summed E-state index contributed by atoms with van der Waals surface area (Å²) in [6, 6.07) is 97.4. The van der Waals surface area contributed by atoms with Crippen LogP contribution in [0.1, 0.15) is 0 Å². The fourth-order valence-corrected chi connectivity index (χ4v) is 11.2. The van der Waals surface area contributed by atoms with Gasteiger partial charge >= 0.3 is 0 Å². The first-order valence-corrected chi connectivity index (χ1v) is 26.8. The van der Waals surface area contributed by atoms with Gasteiger partial charge in [-0.2, -0.15) is 0 Å². The summed E-state index contributed by atoms with van der Waals surface area (Å²) < 4.78 is 4.73. The Morgan fingerprint density at radius 1 is 0.175 bits per heavy atom. The van der Waals surface area contributed by atoms with Crippen LogP contribution in [0, 0.1) is 0 Å². The average molecular weight is 1020 g/mol. The van der Waals surface area contributed by atoms with E-state index in [1.807, 2.05) is 121 Å². The summed E-state index contributed by atoms with van der Waals surface area (Å²) in [6.45, 7) is 0. The first-order chi connectivity index (χ1) is 39.6. The topological polar surface area (TPSA) is 87.2 Å². The maximum atomic E-state index is 5.26. The van der Waals surface area contributed by atoms with Crippen molar-refractivity contribution in [2.24, 2.45) is 0 Å². The van der Waals surface area contributed by atoms with Gasteiger partial charge in [-0.05, 0) is 89.0 Å². The van der Waals surface area contributed by atoms with E-state index in [2.05, 4.69) is 167 Å². The molecule has 0 aliphatic heterocycles. The van der Waals surface area contributed by atoms with E-state index in [4.69, 9.17) is 29.9 Å². The minimum atomic E-state index is 0.573. The van der Waals surface area contributed by atoms with E-state index < -0.39 is 0 Å². The fourth-order valence-electron chi connectivity index (χ4n) is 11.2. The van der Waals surface area contributed by atoms with E-state index in [-0.39, 0.29) is 0 Å². The van der Waals surface area contributed by atoms with Crippen molar-refractivity contribution in [2.45, 2.75) is 0 Å². The van der Waals surface area contributed by atoms with Crippen molar-refractivity contribution in [1.82, 2.24) is 39.0 Å². The molecule has 0 spiro atoms. The van der Waals surface area contributed by atoms with Crippen LogP contribution >= 0.6 is 0 Å². The molecular formula is C72H46N8. The molecular weight excluding hydrogens is 977 g/mol. The third-order valence-electron chi connectivity index (χ3n) is 15.0. The van der Waals surface area contributed by atoms with Crippen molar-refractivity contribution in [3.05, 3.63) is 279 Å². The molecule has 0 aliphatic rings. The molecule has 0 bridgehead atoms. The quantitative estimate of drug-likeness (QED) is 0.136. The van der Waals surface area contributed by atoms with Gasteiger partial charge in [-0.25, -0.2) is 29.9 Å². The second-order valence-corrected chi connectivity index (χ2v) is 19.9. The van der Waals surface area contributed by atoms with Crippen LogP contribution in [0.4, 0.5) is 0 Å². The van der Waals surface area contributed by atoms with E-state index in [9.17, 15) is 0 Å². The highest BCUT2D eigenvalue weighted by molar-refractivity contribution is 6.10. The summed E-state index contributed by atoms with van der Waals surface area (Å²) in [5, 5.41) is 4.72. The largest absolute Gasteiger partial charge is 0.309 e. The minimum absolute atomic E-state index is 0.573. The van der Waals surface area contributed by atoms with Crippen LogP contribution < -0.4 is 0 Å². The number of aromatic nitrogens is 8. The fraction of sp³-hybridized carbons (Fsp3) is 0. The number of benzene rings is 11. The Kier molecular flexibility index (Phi) is 11.3. The molecule has 4 heterocycles. The van der Waals surface area contributed by atoms with Crippen LogP contribution in [-0.2, 0) is 0 Å². The zero-order chi connectivity index (χ0) is 52.9. The third kappa shape index (κ3) is 8.36. The highest BCUT2D eigenvalue weighted by atomic mass is 15.1. The van der Waals surface area contributed by atoms with Crippen LogP contribution in [0.15, 0.2) is 279 Å². The molecule has 8 nitrogen and oxygen atoms in total. The van der Waals surface area contributed by atoms with Gasteiger partial charge in [-0.15, -0.1) is 0 Å². The van der Waals surface area contributed by atoms with Crippen molar-refractivity contribution in [2.75, 3.05) is 0 Å². The Bertz CT molecular complexity index is 4290. The molecule has 0 fully saturated rings. The molecule has 0 N–H and O–H groups in total. The number of rotatable bonds is 10. The molecule has 0 aliphatic carbocycles. The maximum Gasteiger partial charge on any atom is 0.164 e. The lowest BCUT2D eigenvalue weighted by molar-refractivity contribution is 1.07. The Morgan fingerprint density at radius 3 is 0.700 bits per heavy atom. The van der Waals surface area contributed by atoms with Crippen molar-refractivity contribution in [3.8, 4) is 102 Å². The van der Waals surface area contributed by atoms with Gasteiger partial charge in [0.1, 0.15) is 0 Å². The van der Waals surface area contributed by atoms with E-state index in [1.54, 1.807) is 0 Å². The molecule has 0 atom stereocenters. The first-order valence-electron chi connectivity index (χ1n) is 26.8. The monoisotopic (exact) mass is 1020 g/mol. The van der Waals surface area contributed by atoms with E-state index >= 15 is 0 Å². The highest BCUT2D eigenvalue weighted by Gasteiger charge is 2.21. The van der Waals surface area contributed by atoms with Crippen molar-refractivity contribution < 1.29 is 0 Å². The molecule has 15 rings (SSSR count). The summed E-state index contributed by atoms with van der Waals surface area (Å²) in [7, 11) is 0. The zero-order valence-corrected chi connectivity index (χ0v) is 43.1. The zero-order valence-electron chi connectivity index (χ0n) is 43.1. The van der Waals surface area contributed by atoms with Crippen molar-refractivity contribution in [3.63, 3.8) is 0 Å². The molecule has 4 aromatic heterocycles. The minimum Gasteiger partial charge on any atom is -0.309 e. The summed E-state index contributed by atoms with van der Waals surface area (Å²) in [5.41, 5.74) is 15.8. The van der Waals surface area contributed by atoms with Crippen molar-refractivity contribution in [1.29, 1.82) is 0 Å². The van der Waals surface area contributed by atoms with Gasteiger partial charge in [0.05, 0.1) is 22.1 Å². The SMILES string of the molecule is c1ccc(-c2nc(-c3ccccc3)nc(-c3cc(-c4cccc(-c5cc(-c6nc(-c7ccccc7)nc(-c7ccccc7)n6)cc(-n6c7ccccc7c7ccccc76)c5)c4)cc(-n4c5ccccc5c5ccccc54)c3)n2)cc1. The van der Waals surface area contributed by atoms with E-state index in [1.165, 1.54) is 21.5 Å². The van der Waals surface area contributed by atoms with Crippen LogP contribution in [0.25, 0.3) is 146 Å². The number of fused-ring (bicyclic) bond motifs is 6. The summed E-state index contributed by atoms with van der Waals surface area (Å²) in [6.07, 6.45) is 0. The third-order valence-corrected chi connectivity index (χ3v) is 15.0. The smallest absolute Gasteiger partial charge is 0.164 e. The molecule has 15 aromatic rings. The lowest BCUT2D eigenvalue weighted by atomic mass is 9.95. The van der Waals surface area contributed by atoms with Gasteiger partial charge in [-0.3, -0.25) is 0 Å². The van der Waals surface area contributed by atoms with Crippen LogP contribution in [0.5, 0.6) is 0 Å². The van der Waals surface area contributed by atoms with Crippen LogP contribution in [-0.4, -0.2) is 39.0 Å². The van der Waals surface area contributed by atoms with Gasteiger partial charge in [0.15, 0.2) is 34.9 Å². The van der Waals surface area contributed by atoms with Gasteiger partial charge in [-0.1, -0.05) is 212 Å². The van der Waals surface area contributed by atoms with Crippen LogP contribution in [0.2, 0.25) is 0 Å². The second kappa shape index (κ2) is 19.6. The second-order valence-electron chi connectivity index (χ2n) is 19.9. The number of nitrogens with zero attached hydrogens (tertiary/aromatic N) is 8. The lowest BCUT2D eigenvalue weighted by Gasteiger charge is -2.16. The van der Waals surface area contributed by atoms with Gasteiger partial charge in [0.25, 0.3) is 0 Å². The number of hydrogen-bond acceptors (Lipinski definition) is 6. The number of para-hydroxylation sites is 4. The first kappa shape index (κ1) is 46.4. The Morgan fingerprint density at radius 2 is 0.400 bits per heavy atom. The lowest BCUT2D eigenvalue weighted by Crippen LogP contribution is -2.02. The molecule has 374 valence electrons. The maximum absolute atomic E-state index is 5.26. The van der Waals surface area contributed by atoms with Gasteiger partial charge in [0, 0.05) is 66.3 Å². The molecule has 8 heteroatoms. The normalized spacial score (nSPS) is 11.5. The highest BCUT2D eigenvalue weighted by Crippen LogP contribution is 2.40. The van der Waals surface area contributed by atoms with Gasteiger partial charge in [0.2, 0.25) is 0 Å². The Balaban J connectivity index is 0.960. The van der Waals surface area contributed by atoms with Gasteiger partial charge < -0.3 is 9.13 Å². The van der Waals surface area contributed by atoms with E-state index in [0.717, 1.165) is 89.1 Å². The molecule has 0 radical (unpaired) electrons. The predicted molar refractivity (Wildman–Crippen MR) is 325 cm³/mol. The predicted octanol–water partition coefficient (Wildman–Crippen LogP) is 17.6. The molecule has 0 unspecified atom stereocenters. The standard InChI is InChI=1S/C72H46N8/c1-5-22-47(23-6-1)67-73-68(48-24-7-2-8-25-48)76-71(75-67)55-41-53(43-57(45-55)79-63-36-17-13-32-59(63)60-33-14-18-37-64(60)79)51-30-21-31-52(40-51)54-42-56(46-58(44-54)80-65-38-19-15-34-61(65)62-35-16-20-39-66(62)80)72-77-69(49-26-9-3-10-27-49)74-70(78-72)50-28-11-4-12-29-50/h1-46H. The van der Waals surface area contributed by atoms with Crippen LogP contribution in [0.3, 0.4) is 0 Å². The molecule has 80 heavy (non-hydrogen) atoms. The average Bonchev–Trinajstić information content (AvgIpc) is 4.28. The molecule has 0 saturated heterocycles. The van der Waals surface area contributed by atoms with E-state index in [0.29, 0.717) is 34.9 Å². The summed E-state index contributed by atoms with van der Waals surface area (Å²) >= 11 is 0. The number of hydrogen-bond donors (Lipinski definition) is 0. The molecule has 11 aromatic carbocycles. The molecule has 0 saturated carbocycles. The summed E-state index contributed by atoms with van der Waals surface area (Å²) in [4.78, 5) is 31.2.